The highest BCUT2D eigenvalue weighted by Gasteiger charge is 2.20. The number of fused-ring (bicyclic) bond motifs is 1. The van der Waals surface area contributed by atoms with Crippen LogP contribution in [0.25, 0.3) is 11.2 Å². The van der Waals surface area contributed by atoms with Crippen molar-refractivity contribution in [2.24, 2.45) is 0 Å². The molecule has 2 unspecified atom stereocenters. The Bertz CT molecular complexity index is 1350. The van der Waals surface area contributed by atoms with Crippen LogP contribution in [0, 0.1) is 0 Å². The molecule has 0 radical (unpaired) electrons. The number of carbonyl (C=O) groups excluding carboxylic acids is 1. The Morgan fingerprint density at radius 3 is 2.61 bits per heavy atom. The van der Waals surface area contributed by atoms with E-state index in [1.54, 1.807) is 23.0 Å². The van der Waals surface area contributed by atoms with Crippen LogP contribution >= 0.6 is 0 Å². The number of aromatic nitrogens is 5. The fourth-order valence-corrected chi connectivity index (χ4v) is 3.44. The van der Waals surface area contributed by atoms with E-state index in [9.17, 15) is 14.7 Å². The summed E-state index contributed by atoms with van der Waals surface area (Å²) in [4.78, 5) is 40.6. The first-order chi connectivity index (χ1) is 17.5. The van der Waals surface area contributed by atoms with Gasteiger partial charge in [0.25, 0.3) is 0 Å². The number of urea groups is 1. The predicted molar refractivity (Wildman–Crippen MR) is 131 cm³/mol. The minimum absolute atomic E-state index is 0.0194. The zero-order chi connectivity index (χ0) is 25.5. The Morgan fingerprint density at radius 2 is 1.86 bits per heavy atom. The van der Waals surface area contributed by atoms with Crippen molar-refractivity contribution < 1.29 is 24.2 Å². The summed E-state index contributed by atoms with van der Waals surface area (Å²) >= 11 is 0. The molecule has 0 aliphatic carbocycles. The molecule has 2 amide bonds. The summed E-state index contributed by atoms with van der Waals surface area (Å²) < 4.78 is 13.5. The lowest BCUT2D eigenvalue weighted by atomic mass is 10.2. The number of aromatic carboxylic acids is 1. The Morgan fingerprint density at radius 1 is 1.06 bits per heavy atom. The normalized spacial score (nSPS) is 12.6. The topological polar surface area (TPSA) is 153 Å². The van der Waals surface area contributed by atoms with Crippen molar-refractivity contribution in [2.45, 2.75) is 32.6 Å². The summed E-state index contributed by atoms with van der Waals surface area (Å²) in [7, 11) is 0. The number of nitrogens with zero attached hydrogens (tertiary/aromatic N) is 5. The molecule has 0 spiro atoms. The van der Waals surface area contributed by atoms with Crippen LogP contribution in [0.3, 0.4) is 0 Å². The molecule has 4 rings (SSSR count). The fourth-order valence-electron chi connectivity index (χ4n) is 3.44. The maximum Gasteiger partial charge on any atom is 0.341 e. The number of pyridine rings is 1. The quantitative estimate of drug-likeness (QED) is 0.299. The van der Waals surface area contributed by atoms with Gasteiger partial charge >= 0.3 is 12.0 Å². The molecule has 3 N–H and O–H groups in total. The SMILES string of the molecule is CCC(COc1ncccc1C(=O)O)OC(C)n1cnc2c(NC(=O)Nc3ccccc3)ncnc21. The second-order valence-corrected chi connectivity index (χ2v) is 7.73. The lowest BCUT2D eigenvalue weighted by Crippen LogP contribution is -2.25. The Labute approximate surface area is 206 Å². The predicted octanol–water partition coefficient (Wildman–Crippen LogP) is 3.96. The Kier molecular flexibility index (Phi) is 7.66. The number of imidazole rings is 1. The molecular formula is C24H25N7O5. The number of benzene rings is 1. The lowest BCUT2D eigenvalue weighted by Gasteiger charge is -2.22. The zero-order valence-electron chi connectivity index (χ0n) is 19.7. The summed E-state index contributed by atoms with van der Waals surface area (Å²) in [6.07, 6.45) is 4.10. The average Bonchev–Trinajstić information content (AvgIpc) is 3.32. The first kappa shape index (κ1) is 24.5. The molecule has 0 aliphatic rings. The number of rotatable bonds is 10. The summed E-state index contributed by atoms with van der Waals surface area (Å²) in [6, 6.07) is 11.5. The van der Waals surface area contributed by atoms with Crippen molar-refractivity contribution >= 4 is 34.7 Å². The van der Waals surface area contributed by atoms with E-state index in [0.717, 1.165) is 0 Å². The van der Waals surface area contributed by atoms with Gasteiger partial charge in [0, 0.05) is 11.9 Å². The molecule has 1 aromatic carbocycles. The first-order valence-corrected chi connectivity index (χ1v) is 11.2. The molecule has 2 atom stereocenters. The molecule has 3 aromatic heterocycles. The van der Waals surface area contributed by atoms with Gasteiger partial charge in [-0.05, 0) is 37.6 Å². The highest BCUT2D eigenvalue weighted by Crippen LogP contribution is 2.23. The van der Waals surface area contributed by atoms with E-state index in [-0.39, 0.29) is 30.0 Å². The third-order valence-electron chi connectivity index (χ3n) is 5.27. The summed E-state index contributed by atoms with van der Waals surface area (Å²) in [5, 5.41) is 14.7. The molecule has 12 heteroatoms. The standard InChI is InChI=1S/C24H25N7O5/c1-3-17(12-35-22-18(23(32)33)10-7-11-25-22)36-15(2)31-14-28-19-20(26-13-27-21(19)31)30-24(34)29-16-8-5-4-6-9-16/h4-11,13-15,17H,3,12H2,1-2H3,(H,32,33)(H2,26,27,29,30,34). The van der Waals surface area contributed by atoms with Crippen molar-refractivity contribution in [1.29, 1.82) is 0 Å². The van der Waals surface area contributed by atoms with E-state index in [0.29, 0.717) is 23.3 Å². The van der Waals surface area contributed by atoms with Crippen molar-refractivity contribution in [2.75, 3.05) is 17.2 Å². The van der Waals surface area contributed by atoms with Crippen LogP contribution in [-0.4, -0.2) is 54.3 Å². The van der Waals surface area contributed by atoms with Gasteiger partial charge in [-0.3, -0.25) is 9.88 Å². The van der Waals surface area contributed by atoms with Crippen LogP contribution in [-0.2, 0) is 4.74 Å². The largest absolute Gasteiger partial charge is 0.477 e. The minimum atomic E-state index is -1.12. The van der Waals surface area contributed by atoms with Gasteiger partial charge in [-0.15, -0.1) is 0 Å². The molecule has 0 bridgehead atoms. The summed E-state index contributed by atoms with van der Waals surface area (Å²) in [5.74, 6) is -0.831. The van der Waals surface area contributed by atoms with Gasteiger partial charge in [-0.1, -0.05) is 25.1 Å². The maximum atomic E-state index is 12.4. The van der Waals surface area contributed by atoms with E-state index < -0.39 is 18.2 Å². The smallest absolute Gasteiger partial charge is 0.341 e. The minimum Gasteiger partial charge on any atom is -0.477 e. The number of ether oxygens (including phenoxy) is 2. The highest BCUT2D eigenvalue weighted by molar-refractivity contribution is 6.02. The summed E-state index contributed by atoms with van der Waals surface area (Å²) in [6.45, 7) is 3.86. The van der Waals surface area contributed by atoms with E-state index in [4.69, 9.17) is 9.47 Å². The highest BCUT2D eigenvalue weighted by atomic mass is 16.5. The van der Waals surface area contributed by atoms with Crippen LogP contribution in [0.4, 0.5) is 16.3 Å². The van der Waals surface area contributed by atoms with Crippen LogP contribution in [0.1, 0.15) is 36.9 Å². The molecule has 12 nitrogen and oxygen atoms in total. The van der Waals surface area contributed by atoms with E-state index >= 15 is 0 Å². The van der Waals surface area contributed by atoms with Gasteiger partial charge in [0.15, 0.2) is 17.0 Å². The van der Waals surface area contributed by atoms with Crippen molar-refractivity contribution in [3.05, 3.63) is 66.9 Å². The van der Waals surface area contributed by atoms with Gasteiger partial charge in [0.05, 0.1) is 12.4 Å². The lowest BCUT2D eigenvalue weighted by molar-refractivity contribution is -0.0610. The number of carbonyl (C=O) groups is 2. The molecule has 0 fully saturated rings. The van der Waals surface area contributed by atoms with Crippen LogP contribution in [0.15, 0.2) is 61.3 Å². The second-order valence-electron chi connectivity index (χ2n) is 7.73. The van der Waals surface area contributed by atoms with Crippen LogP contribution in [0.2, 0.25) is 0 Å². The number of hydrogen-bond donors (Lipinski definition) is 3. The number of hydrogen-bond acceptors (Lipinski definition) is 8. The van der Waals surface area contributed by atoms with Gasteiger partial charge in [-0.25, -0.2) is 29.5 Å². The monoisotopic (exact) mass is 491 g/mol. The first-order valence-electron chi connectivity index (χ1n) is 11.2. The van der Waals surface area contributed by atoms with E-state index in [2.05, 4.69) is 30.6 Å². The molecule has 3 heterocycles. The number of carboxylic acid groups (broad SMARTS) is 1. The van der Waals surface area contributed by atoms with Gasteiger partial charge in [-0.2, -0.15) is 0 Å². The van der Waals surface area contributed by atoms with Crippen molar-refractivity contribution in [3.63, 3.8) is 0 Å². The van der Waals surface area contributed by atoms with Crippen molar-refractivity contribution in [3.8, 4) is 5.88 Å². The number of para-hydroxylation sites is 1. The number of amides is 2. The van der Waals surface area contributed by atoms with E-state index in [1.165, 1.54) is 24.7 Å². The van der Waals surface area contributed by atoms with Gasteiger partial charge < -0.3 is 19.9 Å². The van der Waals surface area contributed by atoms with Gasteiger partial charge in [0.1, 0.15) is 24.7 Å². The number of anilines is 2. The molecule has 36 heavy (non-hydrogen) atoms. The zero-order valence-corrected chi connectivity index (χ0v) is 19.7. The molecule has 0 saturated carbocycles. The summed E-state index contributed by atoms with van der Waals surface area (Å²) in [5.41, 5.74) is 1.50. The maximum absolute atomic E-state index is 12.4. The molecular weight excluding hydrogens is 466 g/mol. The fraction of sp³-hybridized carbons (Fsp3) is 0.250. The van der Waals surface area contributed by atoms with E-state index in [1.807, 2.05) is 32.0 Å². The van der Waals surface area contributed by atoms with Crippen molar-refractivity contribution in [1.82, 2.24) is 24.5 Å². The average molecular weight is 492 g/mol. The Balaban J connectivity index is 1.43. The van der Waals surface area contributed by atoms with Crippen LogP contribution in [0.5, 0.6) is 5.88 Å². The molecule has 0 saturated heterocycles. The number of carboxylic acids is 1. The third kappa shape index (κ3) is 5.73. The Hall–Kier alpha value is -4.58. The molecule has 0 aliphatic heterocycles. The molecule has 186 valence electrons. The second kappa shape index (κ2) is 11.2. The molecule has 4 aromatic rings. The van der Waals surface area contributed by atoms with Crippen LogP contribution < -0.4 is 15.4 Å². The third-order valence-corrected chi connectivity index (χ3v) is 5.27. The van der Waals surface area contributed by atoms with Gasteiger partial charge in [0.2, 0.25) is 5.88 Å². The number of nitrogens with one attached hydrogen (secondary N) is 2.